The first-order valence-electron chi connectivity index (χ1n) is 9.90. The lowest BCUT2D eigenvalue weighted by molar-refractivity contribution is 0.139. The Hall–Kier alpha value is -2.52. The zero-order valence-corrected chi connectivity index (χ0v) is 15.8. The molecule has 139 valence electrons. The summed E-state index contributed by atoms with van der Waals surface area (Å²) in [6.45, 7) is 3.95. The van der Waals surface area contributed by atoms with E-state index >= 15 is 0 Å². The average Bonchev–Trinajstić information content (AvgIpc) is 2.69. The molecule has 2 unspecified atom stereocenters. The van der Waals surface area contributed by atoms with Crippen LogP contribution in [0.3, 0.4) is 0 Å². The van der Waals surface area contributed by atoms with Gasteiger partial charge in [-0.05, 0) is 65.6 Å². The fourth-order valence-corrected chi connectivity index (χ4v) is 4.10. The number of fused-ring (bicyclic) bond motifs is 1. The second-order valence-corrected chi connectivity index (χ2v) is 7.38. The van der Waals surface area contributed by atoms with Crippen LogP contribution in [0, 0.1) is 0 Å². The molecule has 1 aliphatic heterocycles. The fraction of sp³-hybridized carbons (Fsp3) is 0.333. The Balaban J connectivity index is 1.63. The molecule has 2 atom stereocenters. The van der Waals surface area contributed by atoms with Gasteiger partial charge in [-0.3, -0.25) is 5.11 Å². The van der Waals surface area contributed by atoms with Crippen molar-refractivity contribution in [1.29, 1.82) is 0 Å². The Labute approximate surface area is 161 Å². The van der Waals surface area contributed by atoms with Crippen LogP contribution in [0.25, 0.3) is 10.8 Å². The van der Waals surface area contributed by atoms with Gasteiger partial charge in [0.15, 0.2) is 5.75 Å². The van der Waals surface area contributed by atoms with E-state index in [1.807, 2.05) is 18.2 Å². The number of hydrogen-bond acceptors (Lipinski definition) is 2. The predicted octanol–water partition coefficient (Wildman–Crippen LogP) is 5.46. The number of rotatable bonds is 5. The molecule has 0 aliphatic carbocycles. The molecule has 0 spiro atoms. The summed E-state index contributed by atoms with van der Waals surface area (Å²) < 4.78 is 6.40. The lowest BCUT2D eigenvalue weighted by atomic mass is 9.85. The second-order valence-electron chi connectivity index (χ2n) is 7.38. The van der Waals surface area contributed by atoms with Gasteiger partial charge in [-0.15, -0.1) is 0 Å². The number of aryl methyl sites for hydroxylation is 1. The monoisotopic (exact) mass is 360 g/mol. The van der Waals surface area contributed by atoms with Crippen LogP contribution in [-0.4, -0.2) is 19.2 Å². The molecule has 1 aliphatic rings. The maximum atomic E-state index is 12.2. The van der Waals surface area contributed by atoms with Crippen molar-refractivity contribution in [2.75, 3.05) is 13.1 Å². The minimum absolute atomic E-state index is 0.0634. The summed E-state index contributed by atoms with van der Waals surface area (Å²) in [5.41, 5.74) is 2.44. The molecular formula is C24H26NO2. The first-order valence-corrected chi connectivity index (χ1v) is 9.90. The van der Waals surface area contributed by atoms with Crippen LogP contribution in [0.15, 0.2) is 60.7 Å². The summed E-state index contributed by atoms with van der Waals surface area (Å²) in [5, 5.41) is 17.9. The van der Waals surface area contributed by atoms with Gasteiger partial charge in [0, 0.05) is 12.5 Å². The normalized spacial score (nSPS) is 19.9. The molecule has 3 aromatic rings. The van der Waals surface area contributed by atoms with Crippen LogP contribution in [0.1, 0.15) is 36.8 Å². The summed E-state index contributed by atoms with van der Waals surface area (Å²) in [5.74, 6) is 1.14. The molecule has 0 bridgehead atoms. The van der Waals surface area contributed by atoms with E-state index in [1.54, 1.807) is 12.1 Å². The van der Waals surface area contributed by atoms with Gasteiger partial charge in [0.05, 0.1) is 0 Å². The van der Waals surface area contributed by atoms with Crippen LogP contribution in [0.4, 0.5) is 0 Å². The van der Waals surface area contributed by atoms with E-state index in [0.29, 0.717) is 0 Å². The molecule has 4 rings (SSSR count). The molecule has 27 heavy (non-hydrogen) atoms. The van der Waals surface area contributed by atoms with E-state index in [4.69, 9.17) is 4.74 Å². The number of piperidine rings is 1. The minimum atomic E-state index is 0.0634. The number of benzene rings is 3. The summed E-state index contributed by atoms with van der Waals surface area (Å²) in [6, 6.07) is 20.1. The Morgan fingerprint density at radius 1 is 1.07 bits per heavy atom. The average molecular weight is 360 g/mol. The topological polar surface area (TPSA) is 41.2 Å². The zero-order valence-electron chi connectivity index (χ0n) is 15.8. The molecule has 3 heteroatoms. The van der Waals surface area contributed by atoms with Crippen LogP contribution >= 0.6 is 0 Å². The van der Waals surface area contributed by atoms with Crippen LogP contribution in [0.2, 0.25) is 0 Å². The standard InChI is InChI=1S/C24H26NO2/c1-2-5-17-8-10-20(11-9-17)27-24-12-13-25-16-23(24)22-15-19(26)14-18-6-3-4-7-21(18)22/h3-4,6-11,14-15,23-25H,2,5,12-13,16H2,1H3. The third-order valence-electron chi connectivity index (χ3n) is 5.43. The molecule has 0 aromatic heterocycles. The molecule has 1 fully saturated rings. The van der Waals surface area contributed by atoms with E-state index in [9.17, 15) is 5.11 Å². The number of nitrogens with one attached hydrogen (secondary N) is 1. The molecular weight excluding hydrogens is 334 g/mol. The van der Waals surface area contributed by atoms with Gasteiger partial charge in [-0.2, -0.15) is 0 Å². The quantitative estimate of drug-likeness (QED) is 0.656. The van der Waals surface area contributed by atoms with E-state index < -0.39 is 0 Å². The zero-order chi connectivity index (χ0) is 18.6. The van der Waals surface area contributed by atoms with Crippen molar-refractivity contribution in [1.82, 2.24) is 5.32 Å². The van der Waals surface area contributed by atoms with Crippen molar-refractivity contribution in [2.24, 2.45) is 0 Å². The molecule has 3 aromatic carbocycles. The van der Waals surface area contributed by atoms with Gasteiger partial charge in [0.2, 0.25) is 0 Å². The summed E-state index contributed by atoms with van der Waals surface area (Å²) in [7, 11) is 0. The van der Waals surface area contributed by atoms with Crippen molar-refractivity contribution in [3.05, 3.63) is 71.8 Å². The van der Waals surface area contributed by atoms with Crippen molar-refractivity contribution in [2.45, 2.75) is 38.2 Å². The third kappa shape index (κ3) is 3.93. The third-order valence-corrected chi connectivity index (χ3v) is 5.43. The number of ether oxygens (including phenoxy) is 1. The molecule has 1 radical (unpaired) electrons. The van der Waals surface area contributed by atoms with Crippen molar-refractivity contribution in [3.8, 4) is 11.5 Å². The fourth-order valence-electron chi connectivity index (χ4n) is 4.10. The Morgan fingerprint density at radius 2 is 1.89 bits per heavy atom. The summed E-state index contributed by atoms with van der Waals surface area (Å²) in [6.07, 6.45) is 3.24. The largest absolute Gasteiger partial charge is 0.490 e. The van der Waals surface area contributed by atoms with E-state index in [2.05, 4.69) is 42.6 Å². The maximum absolute atomic E-state index is 12.2. The summed E-state index contributed by atoms with van der Waals surface area (Å²) >= 11 is 0. The van der Waals surface area contributed by atoms with Gasteiger partial charge >= 0.3 is 0 Å². The molecule has 0 amide bonds. The highest BCUT2D eigenvalue weighted by Gasteiger charge is 2.30. The minimum Gasteiger partial charge on any atom is -0.490 e. The van der Waals surface area contributed by atoms with Gasteiger partial charge in [-0.1, -0.05) is 49.7 Å². The first-order chi connectivity index (χ1) is 13.2. The number of hydrogen-bond donors (Lipinski definition) is 1. The second kappa shape index (κ2) is 8.01. The Bertz CT molecular complexity index is 904. The highest BCUT2D eigenvalue weighted by atomic mass is 16.5. The highest BCUT2D eigenvalue weighted by Crippen LogP contribution is 2.35. The summed E-state index contributed by atoms with van der Waals surface area (Å²) in [4.78, 5) is 0. The first kappa shape index (κ1) is 17.9. The molecule has 1 N–H and O–H groups in total. The van der Waals surface area contributed by atoms with Crippen molar-refractivity contribution in [3.63, 3.8) is 0 Å². The predicted molar refractivity (Wildman–Crippen MR) is 109 cm³/mol. The van der Waals surface area contributed by atoms with Crippen LogP contribution < -0.4 is 10.1 Å². The SMILES string of the molecule is CCCc1ccc(OC2CCNCC2c2cc([O])cc3ccccc23)cc1. The van der Waals surface area contributed by atoms with Crippen molar-refractivity contribution >= 4 is 10.8 Å². The van der Waals surface area contributed by atoms with E-state index in [-0.39, 0.29) is 17.8 Å². The Morgan fingerprint density at radius 3 is 2.70 bits per heavy atom. The maximum Gasteiger partial charge on any atom is 0.179 e. The molecule has 3 nitrogen and oxygen atoms in total. The van der Waals surface area contributed by atoms with E-state index in [0.717, 1.165) is 54.4 Å². The Kier molecular flexibility index (Phi) is 5.30. The van der Waals surface area contributed by atoms with Crippen molar-refractivity contribution < 1.29 is 9.84 Å². The van der Waals surface area contributed by atoms with Gasteiger partial charge in [0.25, 0.3) is 0 Å². The molecule has 1 heterocycles. The lowest BCUT2D eigenvalue weighted by Crippen LogP contribution is -2.41. The van der Waals surface area contributed by atoms with Gasteiger partial charge in [-0.25, -0.2) is 0 Å². The van der Waals surface area contributed by atoms with Crippen LogP contribution in [0.5, 0.6) is 11.5 Å². The van der Waals surface area contributed by atoms with Crippen LogP contribution in [-0.2, 0) is 11.5 Å². The molecule has 1 saturated heterocycles. The van der Waals surface area contributed by atoms with E-state index in [1.165, 1.54) is 5.56 Å². The molecule has 0 saturated carbocycles. The smallest absolute Gasteiger partial charge is 0.179 e. The van der Waals surface area contributed by atoms with Gasteiger partial charge < -0.3 is 10.1 Å². The lowest BCUT2D eigenvalue weighted by Gasteiger charge is -2.33. The highest BCUT2D eigenvalue weighted by molar-refractivity contribution is 5.87. The van der Waals surface area contributed by atoms with Gasteiger partial charge in [0.1, 0.15) is 11.9 Å².